The molecule has 0 heterocycles. The highest BCUT2D eigenvalue weighted by Gasteiger charge is 2.04. The fourth-order valence-electron chi connectivity index (χ4n) is 1.17. The molecule has 2 aliphatic rings. The molecule has 12 heavy (non-hydrogen) atoms. The molecule has 0 radical (unpaired) electrons. The quantitative estimate of drug-likeness (QED) is 0.614. The SMILES string of the molecule is C1=CCC(OC2=CC=CC2)=C1.O. The smallest absolute Gasteiger partial charge is 0.107 e. The number of rotatable bonds is 2. The molecule has 0 unspecified atom stereocenters. The van der Waals surface area contributed by atoms with Crippen LogP contribution >= 0.6 is 0 Å². The topological polar surface area (TPSA) is 40.7 Å². The van der Waals surface area contributed by atoms with Crippen LogP contribution in [0.5, 0.6) is 0 Å². The molecule has 64 valence electrons. The molecule has 2 aliphatic carbocycles. The van der Waals surface area contributed by atoms with Crippen molar-refractivity contribution in [3.8, 4) is 0 Å². The van der Waals surface area contributed by atoms with Crippen LogP contribution < -0.4 is 0 Å². The second kappa shape index (κ2) is 3.93. The molecule has 0 aromatic carbocycles. The van der Waals surface area contributed by atoms with Crippen molar-refractivity contribution < 1.29 is 10.2 Å². The van der Waals surface area contributed by atoms with Crippen molar-refractivity contribution in [2.24, 2.45) is 0 Å². The number of hydrogen-bond acceptors (Lipinski definition) is 1. The monoisotopic (exact) mass is 164 g/mol. The average molecular weight is 164 g/mol. The van der Waals surface area contributed by atoms with Crippen molar-refractivity contribution in [1.82, 2.24) is 0 Å². The first-order valence-corrected chi connectivity index (χ1v) is 3.84. The zero-order valence-corrected chi connectivity index (χ0v) is 6.79. The Balaban J connectivity index is 0.000000720. The van der Waals surface area contributed by atoms with Gasteiger partial charge in [-0.15, -0.1) is 0 Å². The Hall–Kier alpha value is -1.28. The third-order valence-corrected chi connectivity index (χ3v) is 1.74. The van der Waals surface area contributed by atoms with Crippen LogP contribution in [-0.2, 0) is 4.74 Å². The maximum absolute atomic E-state index is 5.57. The Bertz CT molecular complexity index is 242. The van der Waals surface area contributed by atoms with Gasteiger partial charge in [-0.3, -0.25) is 0 Å². The molecule has 0 saturated carbocycles. The van der Waals surface area contributed by atoms with Crippen LogP contribution in [0.3, 0.4) is 0 Å². The van der Waals surface area contributed by atoms with E-state index in [1.165, 1.54) is 0 Å². The minimum Gasteiger partial charge on any atom is -0.465 e. The van der Waals surface area contributed by atoms with Gasteiger partial charge >= 0.3 is 0 Å². The van der Waals surface area contributed by atoms with Crippen LogP contribution in [0.4, 0.5) is 0 Å². The highest BCUT2D eigenvalue weighted by Crippen LogP contribution is 2.20. The summed E-state index contributed by atoms with van der Waals surface area (Å²) in [6.45, 7) is 0. The lowest BCUT2D eigenvalue weighted by Gasteiger charge is -2.05. The number of hydrogen-bond donors (Lipinski definition) is 0. The molecular formula is C10H12O2. The van der Waals surface area contributed by atoms with Gasteiger partial charge in [0.05, 0.1) is 0 Å². The van der Waals surface area contributed by atoms with Crippen LogP contribution in [0.15, 0.2) is 48.0 Å². The van der Waals surface area contributed by atoms with Crippen molar-refractivity contribution in [3.63, 3.8) is 0 Å². The van der Waals surface area contributed by atoms with E-state index in [0.717, 1.165) is 24.4 Å². The van der Waals surface area contributed by atoms with Crippen LogP contribution in [0.2, 0.25) is 0 Å². The molecule has 0 fully saturated rings. The molecule has 0 bridgehead atoms. The summed E-state index contributed by atoms with van der Waals surface area (Å²) >= 11 is 0. The Morgan fingerprint density at radius 2 is 1.42 bits per heavy atom. The third-order valence-electron chi connectivity index (χ3n) is 1.74. The van der Waals surface area contributed by atoms with E-state index < -0.39 is 0 Å². The molecule has 0 spiro atoms. The predicted octanol–water partition coefficient (Wildman–Crippen LogP) is 1.87. The molecule has 0 aliphatic heterocycles. The van der Waals surface area contributed by atoms with Gasteiger partial charge in [0, 0.05) is 12.8 Å². The van der Waals surface area contributed by atoms with Crippen LogP contribution in [-0.4, -0.2) is 5.48 Å². The van der Waals surface area contributed by atoms with E-state index in [-0.39, 0.29) is 5.48 Å². The Labute approximate surface area is 71.8 Å². The first kappa shape index (κ1) is 8.81. The van der Waals surface area contributed by atoms with E-state index >= 15 is 0 Å². The summed E-state index contributed by atoms with van der Waals surface area (Å²) in [6, 6.07) is 0. The summed E-state index contributed by atoms with van der Waals surface area (Å²) in [5.41, 5.74) is 0. The van der Waals surface area contributed by atoms with Gasteiger partial charge in [0.1, 0.15) is 11.5 Å². The Kier molecular flexibility index (Phi) is 2.88. The molecule has 0 aromatic rings. The van der Waals surface area contributed by atoms with Gasteiger partial charge in [-0.2, -0.15) is 0 Å². The predicted molar refractivity (Wildman–Crippen MR) is 48.4 cm³/mol. The zero-order valence-electron chi connectivity index (χ0n) is 6.79. The van der Waals surface area contributed by atoms with Gasteiger partial charge in [0.25, 0.3) is 0 Å². The lowest BCUT2D eigenvalue weighted by Crippen LogP contribution is -1.87. The number of allylic oxidation sites excluding steroid dienone is 6. The molecule has 0 atom stereocenters. The first-order chi connectivity index (χ1) is 5.45. The van der Waals surface area contributed by atoms with Gasteiger partial charge in [-0.25, -0.2) is 0 Å². The Morgan fingerprint density at radius 1 is 0.917 bits per heavy atom. The normalized spacial score (nSPS) is 18.7. The number of ether oxygens (including phenoxy) is 1. The fraction of sp³-hybridized carbons (Fsp3) is 0.200. The van der Waals surface area contributed by atoms with E-state index in [1.54, 1.807) is 0 Å². The zero-order chi connectivity index (χ0) is 7.52. The van der Waals surface area contributed by atoms with Crippen LogP contribution in [0.25, 0.3) is 0 Å². The molecular weight excluding hydrogens is 152 g/mol. The summed E-state index contributed by atoms with van der Waals surface area (Å²) in [4.78, 5) is 0. The van der Waals surface area contributed by atoms with E-state index in [0.29, 0.717) is 0 Å². The molecule has 2 nitrogen and oxygen atoms in total. The summed E-state index contributed by atoms with van der Waals surface area (Å²) < 4.78 is 5.57. The fourth-order valence-corrected chi connectivity index (χ4v) is 1.17. The molecule has 0 aromatic heterocycles. The lowest BCUT2D eigenvalue weighted by atomic mass is 10.4. The van der Waals surface area contributed by atoms with E-state index in [9.17, 15) is 0 Å². The minimum atomic E-state index is 0. The van der Waals surface area contributed by atoms with Gasteiger partial charge < -0.3 is 10.2 Å². The highest BCUT2D eigenvalue weighted by atomic mass is 16.5. The molecule has 2 heteroatoms. The second-order valence-corrected chi connectivity index (χ2v) is 2.63. The van der Waals surface area contributed by atoms with E-state index in [4.69, 9.17) is 4.74 Å². The molecule has 2 rings (SSSR count). The van der Waals surface area contributed by atoms with Crippen LogP contribution in [0.1, 0.15) is 12.8 Å². The summed E-state index contributed by atoms with van der Waals surface area (Å²) in [5.74, 6) is 2.11. The molecule has 0 amide bonds. The molecule has 0 saturated heterocycles. The maximum atomic E-state index is 5.57. The lowest BCUT2D eigenvalue weighted by molar-refractivity contribution is 0.296. The van der Waals surface area contributed by atoms with Gasteiger partial charge in [-0.1, -0.05) is 24.3 Å². The van der Waals surface area contributed by atoms with Crippen molar-refractivity contribution in [2.75, 3.05) is 0 Å². The Morgan fingerprint density at radius 3 is 1.75 bits per heavy atom. The van der Waals surface area contributed by atoms with Crippen molar-refractivity contribution >= 4 is 0 Å². The maximum Gasteiger partial charge on any atom is 0.107 e. The van der Waals surface area contributed by atoms with Crippen LogP contribution in [0, 0.1) is 0 Å². The summed E-state index contributed by atoms with van der Waals surface area (Å²) in [5, 5.41) is 0. The largest absolute Gasteiger partial charge is 0.465 e. The third kappa shape index (κ3) is 1.86. The summed E-state index contributed by atoms with van der Waals surface area (Å²) in [7, 11) is 0. The van der Waals surface area contributed by atoms with Gasteiger partial charge in [-0.05, 0) is 12.2 Å². The minimum absolute atomic E-state index is 0. The average Bonchev–Trinajstić information content (AvgIpc) is 2.60. The summed E-state index contributed by atoms with van der Waals surface area (Å²) in [6.07, 6.45) is 14.2. The van der Waals surface area contributed by atoms with Gasteiger partial charge in [0.2, 0.25) is 0 Å². The molecule has 2 N–H and O–H groups in total. The van der Waals surface area contributed by atoms with E-state index in [1.807, 2.05) is 24.3 Å². The highest BCUT2D eigenvalue weighted by molar-refractivity contribution is 5.24. The van der Waals surface area contributed by atoms with Crippen molar-refractivity contribution in [1.29, 1.82) is 0 Å². The van der Waals surface area contributed by atoms with Crippen molar-refractivity contribution in [2.45, 2.75) is 12.8 Å². The van der Waals surface area contributed by atoms with Crippen molar-refractivity contribution in [3.05, 3.63) is 48.0 Å². The van der Waals surface area contributed by atoms with Gasteiger partial charge in [0.15, 0.2) is 0 Å². The van der Waals surface area contributed by atoms with E-state index in [2.05, 4.69) is 12.2 Å². The second-order valence-electron chi connectivity index (χ2n) is 2.63. The first-order valence-electron chi connectivity index (χ1n) is 3.84. The standard InChI is InChI=1S/C10H10O.H2O/c1-2-6-9(5-1)11-10-7-3-4-8-10;/h1-5,7H,6,8H2;1H2.